The molecule has 3 aromatic rings. The molecule has 0 amide bonds. The molecule has 0 aromatic heterocycles. The van der Waals surface area contributed by atoms with Crippen LogP contribution in [0.3, 0.4) is 0 Å². The Kier molecular flexibility index (Phi) is 8.47. The number of allylic oxidation sites excluding steroid dienone is 1. The van der Waals surface area contributed by atoms with Crippen LogP contribution in [0.4, 0.5) is 5.69 Å². The lowest BCUT2D eigenvalue weighted by Gasteiger charge is -2.25. The van der Waals surface area contributed by atoms with Crippen LogP contribution in [0.15, 0.2) is 78.9 Å². The van der Waals surface area contributed by atoms with Crippen LogP contribution < -0.4 is 10.1 Å². The lowest BCUT2D eigenvalue weighted by molar-refractivity contribution is 0.149. The van der Waals surface area contributed by atoms with Gasteiger partial charge in [-0.1, -0.05) is 73.5 Å². The number of ether oxygens (including phenoxy) is 2. The van der Waals surface area contributed by atoms with E-state index in [-0.39, 0.29) is 0 Å². The Hall–Kier alpha value is -2.73. The summed E-state index contributed by atoms with van der Waals surface area (Å²) in [5.41, 5.74) is 7.43. The van der Waals surface area contributed by atoms with Crippen LogP contribution in [0.5, 0.6) is 5.75 Å². The first-order valence-electron chi connectivity index (χ1n) is 11.5. The third-order valence-electron chi connectivity index (χ3n) is 5.82. The van der Waals surface area contributed by atoms with Crippen molar-refractivity contribution in [3.8, 4) is 5.75 Å². The molecule has 33 heavy (non-hydrogen) atoms. The predicted octanol–water partition coefficient (Wildman–Crippen LogP) is 6.41. The Morgan fingerprint density at radius 2 is 1.64 bits per heavy atom. The number of nitrogens with zero attached hydrogens (tertiary/aromatic N) is 1. The van der Waals surface area contributed by atoms with Gasteiger partial charge in [-0.2, -0.15) is 0 Å². The summed E-state index contributed by atoms with van der Waals surface area (Å²) in [6.45, 7) is 5.95. The van der Waals surface area contributed by atoms with E-state index in [1.165, 1.54) is 27.8 Å². The zero-order valence-electron chi connectivity index (χ0n) is 19.4. The van der Waals surface area contributed by atoms with E-state index in [2.05, 4.69) is 83.3 Å². The molecule has 172 valence electrons. The van der Waals surface area contributed by atoms with Crippen LogP contribution in [-0.4, -0.2) is 43.6 Å². The molecule has 4 nitrogen and oxygen atoms in total. The van der Waals surface area contributed by atoms with Crippen molar-refractivity contribution in [3.63, 3.8) is 0 Å². The van der Waals surface area contributed by atoms with Crippen molar-refractivity contribution in [2.45, 2.75) is 13.3 Å². The molecule has 0 unspecified atom stereocenters. The molecule has 0 spiro atoms. The van der Waals surface area contributed by atoms with Crippen molar-refractivity contribution in [2.24, 2.45) is 0 Å². The lowest BCUT2D eigenvalue weighted by Crippen LogP contribution is -2.30. The first-order chi connectivity index (χ1) is 16.3. The number of hydrogen-bond acceptors (Lipinski definition) is 5. The molecule has 1 aliphatic heterocycles. The van der Waals surface area contributed by atoms with Crippen molar-refractivity contribution in [1.82, 2.24) is 4.31 Å². The molecule has 0 radical (unpaired) electrons. The summed E-state index contributed by atoms with van der Waals surface area (Å²) in [5.74, 6) is 1.64. The summed E-state index contributed by atoms with van der Waals surface area (Å²) >= 11 is 1.77. The highest BCUT2D eigenvalue weighted by Crippen LogP contribution is 2.35. The van der Waals surface area contributed by atoms with Crippen molar-refractivity contribution in [1.29, 1.82) is 0 Å². The second kappa shape index (κ2) is 11.9. The zero-order valence-corrected chi connectivity index (χ0v) is 20.2. The van der Waals surface area contributed by atoms with Gasteiger partial charge in [-0.05, 0) is 58.5 Å². The van der Waals surface area contributed by atoms with Gasteiger partial charge in [0.2, 0.25) is 0 Å². The Bertz CT molecular complexity index is 1030. The first kappa shape index (κ1) is 23.4. The van der Waals surface area contributed by atoms with Crippen molar-refractivity contribution < 1.29 is 9.47 Å². The molecule has 0 bridgehead atoms. The van der Waals surface area contributed by atoms with E-state index >= 15 is 0 Å². The van der Waals surface area contributed by atoms with Crippen LogP contribution in [0.2, 0.25) is 0 Å². The fourth-order valence-corrected chi connectivity index (χ4v) is 4.86. The molecule has 0 atom stereocenters. The molecule has 0 saturated carbocycles. The Morgan fingerprint density at radius 1 is 0.939 bits per heavy atom. The van der Waals surface area contributed by atoms with E-state index in [4.69, 9.17) is 9.47 Å². The van der Waals surface area contributed by atoms with E-state index < -0.39 is 0 Å². The highest BCUT2D eigenvalue weighted by atomic mass is 32.2. The molecule has 1 heterocycles. The van der Waals surface area contributed by atoms with Gasteiger partial charge in [0.05, 0.1) is 13.7 Å². The maximum Gasteiger partial charge on any atom is 0.118 e. The van der Waals surface area contributed by atoms with E-state index in [9.17, 15) is 0 Å². The van der Waals surface area contributed by atoms with Crippen molar-refractivity contribution in [3.05, 3.63) is 95.6 Å². The zero-order chi connectivity index (χ0) is 22.9. The standard InChI is InChI=1S/C28H32N2O2S/c1-3-27(22-11-15-26(31-2)16-12-22)28(23-7-5-4-6-8-23)24-9-13-25(14-10-24)29-17-18-30-19-20-32-21-33-30/h4-16,29H,3,17-21H2,1-2H3. The van der Waals surface area contributed by atoms with Crippen LogP contribution in [0.1, 0.15) is 30.0 Å². The molecule has 1 fully saturated rings. The summed E-state index contributed by atoms with van der Waals surface area (Å²) in [6.07, 6.45) is 0.938. The summed E-state index contributed by atoms with van der Waals surface area (Å²) in [5, 5.41) is 3.56. The molecular formula is C28H32N2O2S. The minimum absolute atomic E-state index is 0.761. The minimum Gasteiger partial charge on any atom is -0.497 e. The summed E-state index contributed by atoms with van der Waals surface area (Å²) in [4.78, 5) is 0. The second-order valence-electron chi connectivity index (χ2n) is 7.89. The number of anilines is 1. The third-order valence-corrected chi connectivity index (χ3v) is 6.83. The largest absolute Gasteiger partial charge is 0.497 e. The van der Waals surface area contributed by atoms with E-state index in [1.807, 2.05) is 12.1 Å². The smallest absolute Gasteiger partial charge is 0.118 e. The fourth-order valence-electron chi connectivity index (χ4n) is 4.10. The third kappa shape index (κ3) is 6.20. The summed E-state index contributed by atoms with van der Waals surface area (Å²) < 4.78 is 13.1. The number of methoxy groups -OCH3 is 1. The average Bonchev–Trinajstić information content (AvgIpc) is 2.89. The van der Waals surface area contributed by atoms with Crippen LogP contribution in [-0.2, 0) is 4.74 Å². The topological polar surface area (TPSA) is 33.7 Å². The van der Waals surface area contributed by atoms with Crippen LogP contribution in [0.25, 0.3) is 11.1 Å². The van der Waals surface area contributed by atoms with Gasteiger partial charge in [0.25, 0.3) is 0 Å². The molecular weight excluding hydrogens is 428 g/mol. The molecule has 5 heteroatoms. The van der Waals surface area contributed by atoms with Gasteiger partial charge in [-0.25, -0.2) is 4.31 Å². The molecule has 4 rings (SSSR count). The highest BCUT2D eigenvalue weighted by molar-refractivity contribution is 7.96. The first-order valence-corrected chi connectivity index (χ1v) is 12.5. The van der Waals surface area contributed by atoms with Crippen LogP contribution >= 0.6 is 11.9 Å². The van der Waals surface area contributed by atoms with Crippen LogP contribution in [0, 0.1) is 0 Å². The van der Waals surface area contributed by atoms with Gasteiger partial charge in [0, 0.05) is 25.3 Å². The molecule has 3 aromatic carbocycles. The summed E-state index contributed by atoms with van der Waals surface area (Å²) in [7, 11) is 1.70. The lowest BCUT2D eigenvalue weighted by atomic mass is 9.88. The maximum absolute atomic E-state index is 5.40. The number of nitrogens with one attached hydrogen (secondary N) is 1. The van der Waals surface area contributed by atoms with Gasteiger partial charge in [-0.15, -0.1) is 0 Å². The highest BCUT2D eigenvalue weighted by Gasteiger charge is 2.14. The van der Waals surface area contributed by atoms with Crippen molar-refractivity contribution in [2.75, 3.05) is 44.6 Å². The number of hydrogen-bond donors (Lipinski definition) is 1. The van der Waals surface area contributed by atoms with Gasteiger partial charge < -0.3 is 14.8 Å². The molecule has 0 aliphatic carbocycles. The Balaban J connectivity index is 1.58. The van der Waals surface area contributed by atoms with Gasteiger partial charge in [0.15, 0.2) is 0 Å². The van der Waals surface area contributed by atoms with Gasteiger partial charge in [-0.3, -0.25) is 0 Å². The second-order valence-corrected chi connectivity index (χ2v) is 8.90. The number of rotatable bonds is 9. The quantitative estimate of drug-likeness (QED) is 0.295. The minimum atomic E-state index is 0.761. The van der Waals surface area contributed by atoms with Crippen molar-refractivity contribution >= 4 is 28.8 Å². The number of benzene rings is 3. The normalized spacial score (nSPS) is 15.1. The maximum atomic E-state index is 5.40. The van der Waals surface area contributed by atoms with E-state index in [0.29, 0.717) is 0 Å². The Labute approximate surface area is 201 Å². The monoisotopic (exact) mass is 460 g/mol. The molecule has 1 saturated heterocycles. The molecule has 1 aliphatic rings. The van der Waals surface area contributed by atoms with E-state index in [0.717, 1.165) is 50.0 Å². The SMILES string of the molecule is CCC(=C(c1ccccc1)c1ccc(NCCN2CCOCS2)cc1)c1ccc(OC)cc1. The predicted molar refractivity (Wildman–Crippen MR) is 141 cm³/mol. The molecule has 1 N–H and O–H groups in total. The van der Waals surface area contributed by atoms with E-state index in [1.54, 1.807) is 19.1 Å². The van der Waals surface area contributed by atoms with Gasteiger partial charge >= 0.3 is 0 Å². The average molecular weight is 461 g/mol. The van der Waals surface area contributed by atoms with Gasteiger partial charge in [0.1, 0.15) is 11.7 Å². The summed E-state index contributed by atoms with van der Waals surface area (Å²) in [6, 6.07) is 27.9. The fraction of sp³-hybridized carbons (Fsp3) is 0.286. The Morgan fingerprint density at radius 3 is 2.27 bits per heavy atom.